The summed E-state index contributed by atoms with van der Waals surface area (Å²) in [4.78, 5) is 16.4. The van der Waals surface area contributed by atoms with E-state index in [1.165, 1.54) is 77.0 Å². The summed E-state index contributed by atoms with van der Waals surface area (Å²) in [5.74, 6) is 9.44. The molecule has 280 valence electrons. The van der Waals surface area contributed by atoms with Gasteiger partial charge in [-0.2, -0.15) is 9.97 Å². The molecule has 3 aromatic carbocycles. The monoisotopic (exact) mass is 722 g/mol. The lowest BCUT2D eigenvalue weighted by atomic mass is 9.49. The first-order valence-electron chi connectivity index (χ1n) is 21.1. The molecule has 8 saturated carbocycles. The lowest BCUT2D eigenvalue weighted by molar-refractivity contribution is -0.0161. The Morgan fingerprint density at radius 2 is 0.981 bits per heavy atom. The fraction of sp³-hybridized carbons (Fsp3) is 0.553. The van der Waals surface area contributed by atoms with Crippen molar-refractivity contribution in [3.05, 3.63) is 72.3 Å². The van der Waals surface area contributed by atoms with Gasteiger partial charge in [-0.25, -0.2) is 4.98 Å². The Bertz CT molecular complexity index is 2070. The van der Waals surface area contributed by atoms with Crippen LogP contribution in [0.2, 0.25) is 0 Å². The number of hydrogen-bond donors (Lipinski definition) is 0. The third-order valence-electron chi connectivity index (χ3n) is 14.4. The van der Waals surface area contributed by atoms with Gasteiger partial charge < -0.3 is 18.8 Å². The van der Waals surface area contributed by atoms with Gasteiger partial charge in [0, 0.05) is 21.6 Å². The van der Waals surface area contributed by atoms with Gasteiger partial charge in [0.05, 0.1) is 28.9 Å². The van der Waals surface area contributed by atoms with Gasteiger partial charge in [0.15, 0.2) is 5.75 Å². The molecule has 0 radical (unpaired) electrons. The summed E-state index contributed by atoms with van der Waals surface area (Å²) in [6.07, 6.45) is 15.9. The second-order valence-corrected chi connectivity index (χ2v) is 19.3. The Labute approximate surface area is 319 Å². The maximum atomic E-state index is 7.06. The number of ether oxygens (including phenoxy) is 3. The molecule has 54 heavy (non-hydrogen) atoms. The van der Waals surface area contributed by atoms with Crippen molar-refractivity contribution in [1.82, 2.24) is 19.5 Å². The topological polar surface area (TPSA) is 71.3 Å². The Kier molecular flexibility index (Phi) is 7.50. The summed E-state index contributed by atoms with van der Waals surface area (Å²) in [5.41, 5.74) is 3.24. The van der Waals surface area contributed by atoms with Crippen molar-refractivity contribution in [2.75, 3.05) is 0 Å². The SMILES string of the molecule is CC(C)Oc1ccc2c(c1)c1cc(OC(C)C)ccc1n2-c1ccccc1Oc1nc(C23CC4CC(CC(C4)C2)C3)nc(C23CC4CC(CC(C4)C2)C3)n1. The number of aromatic nitrogens is 4. The highest BCUT2D eigenvalue weighted by atomic mass is 16.5. The molecule has 7 nitrogen and oxygen atoms in total. The lowest BCUT2D eigenvalue weighted by Gasteiger charge is -2.57. The largest absolute Gasteiger partial charge is 0.491 e. The van der Waals surface area contributed by atoms with Crippen molar-refractivity contribution >= 4 is 21.8 Å². The van der Waals surface area contributed by atoms with Crippen LogP contribution in [0.15, 0.2) is 60.7 Å². The molecule has 8 fully saturated rings. The van der Waals surface area contributed by atoms with Crippen LogP contribution >= 0.6 is 0 Å². The standard InChI is InChI=1S/C47H54N4O3/c1-27(2)52-35-9-11-39-37(19-35)38-20-36(53-28(3)4)10-12-40(38)51(39)41-7-5-6-8-42(41)54-45-49-43(46-21-29-13-30(22-46)15-31(14-29)23-46)48-44(50-45)47-24-32-16-33(25-47)18-34(17-32)26-47/h5-12,19-20,27-34H,13-18,21-26H2,1-4H3. The maximum absolute atomic E-state index is 7.06. The van der Waals surface area contributed by atoms with Crippen LogP contribution in [0.4, 0.5) is 0 Å². The Morgan fingerprint density at radius 3 is 1.41 bits per heavy atom. The molecule has 0 unspecified atom stereocenters. The summed E-state index contributed by atoms with van der Waals surface area (Å²) in [6.45, 7) is 8.28. The number of rotatable bonds is 9. The zero-order chi connectivity index (χ0) is 36.3. The normalized spacial score (nSPS) is 32.0. The molecule has 5 aromatic rings. The molecule has 13 rings (SSSR count). The fourth-order valence-corrected chi connectivity index (χ4v) is 13.4. The third-order valence-corrected chi connectivity index (χ3v) is 14.4. The van der Waals surface area contributed by atoms with E-state index < -0.39 is 0 Å². The van der Waals surface area contributed by atoms with Gasteiger partial charge in [-0.1, -0.05) is 12.1 Å². The molecule has 2 aromatic heterocycles. The minimum atomic E-state index is 0.0602. The number of fused-ring (bicyclic) bond motifs is 3. The summed E-state index contributed by atoms with van der Waals surface area (Å²) in [7, 11) is 0. The van der Waals surface area contributed by atoms with E-state index >= 15 is 0 Å². The van der Waals surface area contributed by atoms with Gasteiger partial charge in [-0.15, -0.1) is 0 Å². The van der Waals surface area contributed by atoms with Crippen LogP contribution in [0, 0.1) is 35.5 Å². The van der Waals surface area contributed by atoms with Crippen LogP contribution in [0.3, 0.4) is 0 Å². The molecule has 0 atom stereocenters. The van der Waals surface area contributed by atoms with Gasteiger partial charge in [0.25, 0.3) is 0 Å². The summed E-state index contributed by atoms with van der Waals surface area (Å²) >= 11 is 0. The van der Waals surface area contributed by atoms with E-state index in [0.29, 0.717) is 6.01 Å². The molecule has 0 amide bonds. The van der Waals surface area contributed by atoms with Crippen LogP contribution in [-0.2, 0) is 10.8 Å². The highest BCUT2D eigenvalue weighted by Crippen LogP contribution is 2.62. The minimum absolute atomic E-state index is 0.0602. The quantitative estimate of drug-likeness (QED) is 0.151. The van der Waals surface area contributed by atoms with Crippen LogP contribution in [0.5, 0.6) is 23.3 Å². The van der Waals surface area contributed by atoms with Crippen molar-refractivity contribution < 1.29 is 14.2 Å². The number of benzene rings is 3. The number of nitrogens with zero attached hydrogens (tertiary/aromatic N) is 4. The summed E-state index contributed by atoms with van der Waals surface area (Å²) in [6, 6.07) is 21.7. The van der Waals surface area contributed by atoms with Crippen molar-refractivity contribution in [1.29, 1.82) is 0 Å². The van der Waals surface area contributed by atoms with E-state index in [9.17, 15) is 0 Å². The maximum Gasteiger partial charge on any atom is 0.325 e. The lowest BCUT2D eigenvalue weighted by Crippen LogP contribution is -2.51. The van der Waals surface area contributed by atoms with E-state index in [0.717, 1.165) is 91.9 Å². The fourth-order valence-electron chi connectivity index (χ4n) is 13.4. The summed E-state index contributed by atoms with van der Waals surface area (Å²) < 4.78 is 21.8. The van der Waals surface area contributed by atoms with Crippen LogP contribution in [0.25, 0.3) is 27.5 Å². The molecule has 8 aliphatic rings. The zero-order valence-corrected chi connectivity index (χ0v) is 32.4. The second-order valence-electron chi connectivity index (χ2n) is 19.3. The Morgan fingerprint density at radius 1 is 0.556 bits per heavy atom. The molecule has 7 heteroatoms. The third kappa shape index (κ3) is 5.45. The van der Waals surface area contributed by atoms with E-state index in [1.54, 1.807) is 0 Å². The predicted octanol–water partition coefficient (Wildman–Crippen LogP) is 11.3. The minimum Gasteiger partial charge on any atom is -0.491 e. The van der Waals surface area contributed by atoms with Crippen LogP contribution < -0.4 is 14.2 Å². The predicted molar refractivity (Wildman–Crippen MR) is 212 cm³/mol. The second kappa shape index (κ2) is 12.2. The van der Waals surface area contributed by atoms with Gasteiger partial charge in [-0.05, 0) is 189 Å². The average molecular weight is 723 g/mol. The molecule has 0 spiro atoms. The molecule has 0 N–H and O–H groups in total. The van der Waals surface area contributed by atoms with E-state index in [4.69, 9.17) is 29.2 Å². The van der Waals surface area contributed by atoms with Crippen molar-refractivity contribution in [3.63, 3.8) is 0 Å². The molecule has 0 aliphatic heterocycles. The number of para-hydroxylation sites is 2. The van der Waals surface area contributed by atoms with Gasteiger partial charge in [0.1, 0.15) is 23.1 Å². The molecule has 8 aliphatic carbocycles. The van der Waals surface area contributed by atoms with Crippen LogP contribution in [0.1, 0.15) is 116 Å². The first-order valence-corrected chi connectivity index (χ1v) is 21.1. The van der Waals surface area contributed by atoms with Crippen molar-refractivity contribution in [3.8, 4) is 28.9 Å². The van der Waals surface area contributed by atoms with Gasteiger partial charge in [-0.3, -0.25) is 0 Å². The number of hydrogen-bond acceptors (Lipinski definition) is 6. The molecule has 0 saturated heterocycles. The molecule has 2 heterocycles. The highest BCUT2D eigenvalue weighted by molar-refractivity contribution is 6.10. The van der Waals surface area contributed by atoms with Gasteiger partial charge >= 0.3 is 6.01 Å². The highest BCUT2D eigenvalue weighted by Gasteiger charge is 2.56. The van der Waals surface area contributed by atoms with E-state index in [2.05, 4.69) is 92.9 Å². The first-order chi connectivity index (χ1) is 26.2. The first kappa shape index (κ1) is 33.2. The van der Waals surface area contributed by atoms with Gasteiger partial charge in [0.2, 0.25) is 0 Å². The van der Waals surface area contributed by atoms with Crippen LogP contribution in [-0.4, -0.2) is 31.7 Å². The summed E-state index contributed by atoms with van der Waals surface area (Å²) in [5, 5.41) is 2.22. The average Bonchev–Trinajstić information content (AvgIpc) is 3.43. The van der Waals surface area contributed by atoms with E-state index in [1.807, 2.05) is 0 Å². The smallest absolute Gasteiger partial charge is 0.325 e. The molecule has 8 bridgehead atoms. The van der Waals surface area contributed by atoms with E-state index in [-0.39, 0.29) is 23.0 Å². The molecular weight excluding hydrogens is 669 g/mol. The Balaban J connectivity index is 1.05. The van der Waals surface area contributed by atoms with Crippen molar-refractivity contribution in [2.24, 2.45) is 35.5 Å². The Hall–Kier alpha value is -4.13. The zero-order valence-electron chi connectivity index (χ0n) is 32.4. The molecular formula is C47H54N4O3. The van der Waals surface area contributed by atoms with Crippen molar-refractivity contribution in [2.45, 2.75) is 128 Å².